The van der Waals surface area contributed by atoms with Gasteiger partial charge in [0, 0.05) is 23.5 Å². The number of para-hydroxylation sites is 1. The van der Waals surface area contributed by atoms with Crippen LogP contribution in [0.2, 0.25) is 0 Å². The number of non-ortho nitro benzene ring substituents is 1. The summed E-state index contributed by atoms with van der Waals surface area (Å²) in [5.74, 6) is -0.241. The number of ether oxygens (including phenoxy) is 1. The van der Waals surface area contributed by atoms with E-state index < -0.39 is 10.9 Å². The highest BCUT2D eigenvalue weighted by molar-refractivity contribution is 8.93. The number of hydrogen-bond donors (Lipinski definition) is 1. The number of hydrogen-bond acceptors (Lipinski definition) is 6. The molecule has 0 atom stereocenters. The van der Waals surface area contributed by atoms with Crippen LogP contribution in [0, 0.1) is 10.1 Å². The molecule has 0 bridgehead atoms. The average Bonchev–Trinajstić information content (AvgIpc) is 2.65. The molecule has 0 fully saturated rings. The minimum absolute atomic E-state index is 0. The van der Waals surface area contributed by atoms with Crippen LogP contribution in [0.1, 0.15) is 5.56 Å². The molecule has 2 aromatic rings. The smallest absolute Gasteiger partial charge is 0.334 e. The zero-order valence-electron chi connectivity index (χ0n) is 14.4. The lowest BCUT2D eigenvalue weighted by atomic mass is 10.1. The summed E-state index contributed by atoms with van der Waals surface area (Å²) >= 11 is 1.20. The van der Waals surface area contributed by atoms with Gasteiger partial charge in [0.25, 0.3) is 5.69 Å². The lowest BCUT2D eigenvalue weighted by Gasteiger charge is -2.06. The first kappa shape index (κ1) is 22.4. The van der Waals surface area contributed by atoms with Gasteiger partial charge in [-0.1, -0.05) is 30.0 Å². The molecule has 142 valence electrons. The molecule has 0 unspecified atom stereocenters. The van der Waals surface area contributed by atoms with Crippen molar-refractivity contribution in [1.82, 2.24) is 0 Å². The highest BCUT2D eigenvalue weighted by atomic mass is 79.9. The first-order chi connectivity index (χ1) is 12.5. The molecule has 0 saturated carbocycles. The van der Waals surface area contributed by atoms with Crippen molar-refractivity contribution in [3.05, 3.63) is 75.8 Å². The molecule has 2 aromatic carbocycles. The number of amidine groups is 1. The van der Waals surface area contributed by atoms with Gasteiger partial charge in [0.2, 0.25) is 0 Å². The van der Waals surface area contributed by atoms with Gasteiger partial charge in [-0.15, -0.1) is 17.0 Å². The highest BCUT2D eigenvalue weighted by Crippen LogP contribution is 2.19. The standard InChI is InChI=1S/C18H17N3O4S.BrH/c1-25-17(22)14(11-13-7-9-16(10-8-13)21(23)24)12-26-18(19)20-15-5-3-2-4-6-15;/h2-11H,12H2,1H3,(H2,19,20);1H/b14-11+;. The number of benzene rings is 2. The minimum Gasteiger partial charge on any atom is -0.466 e. The molecule has 27 heavy (non-hydrogen) atoms. The Kier molecular flexibility index (Phi) is 9.24. The van der Waals surface area contributed by atoms with Gasteiger partial charge in [-0.2, -0.15) is 0 Å². The van der Waals surface area contributed by atoms with Crippen LogP contribution in [0.5, 0.6) is 0 Å². The van der Waals surface area contributed by atoms with Crippen molar-refractivity contribution >= 4 is 57.3 Å². The monoisotopic (exact) mass is 451 g/mol. The van der Waals surface area contributed by atoms with E-state index in [1.165, 1.54) is 31.0 Å². The van der Waals surface area contributed by atoms with Gasteiger partial charge in [-0.05, 0) is 35.9 Å². The summed E-state index contributed by atoms with van der Waals surface area (Å²) in [7, 11) is 1.29. The number of nitrogens with zero attached hydrogens (tertiary/aromatic N) is 2. The predicted molar refractivity (Wildman–Crippen MR) is 114 cm³/mol. The summed E-state index contributed by atoms with van der Waals surface area (Å²) in [5.41, 5.74) is 7.62. The van der Waals surface area contributed by atoms with Crippen LogP contribution < -0.4 is 5.73 Å². The van der Waals surface area contributed by atoms with Crippen molar-refractivity contribution in [3.8, 4) is 0 Å². The van der Waals surface area contributed by atoms with E-state index in [0.29, 0.717) is 16.3 Å². The zero-order chi connectivity index (χ0) is 18.9. The van der Waals surface area contributed by atoms with Gasteiger partial charge in [-0.25, -0.2) is 9.79 Å². The Bertz CT molecular complexity index is 839. The molecule has 0 aliphatic heterocycles. The fraction of sp³-hybridized carbons (Fsp3) is 0.111. The largest absolute Gasteiger partial charge is 0.466 e. The number of thioether (sulfide) groups is 1. The number of rotatable bonds is 6. The van der Waals surface area contributed by atoms with Crippen LogP contribution in [0.25, 0.3) is 6.08 Å². The molecule has 0 aliphatic rings. The van der Waals surface area contributed by atoms with Crippen molar-refractivity contribution < 1.29 is 14.5 Å². The SMILES string of the molecule is Br.COC(=O)/C(=C/c1ccc([N+](=O)[O-])cc1)CSC(N)=Nc1ccccc1. The summed E-state index contributed by atoms with van der Waals surface area (Å²) in [6.45, 7) is 0. The Morgan fingerprint density at radius 1 is 1.22 bits per heavy atom. The quantitative estimate of drug-likeness (QED) is 0.177. The maximum Gasteiger partial charge on any atom is 0.334 e. The first-order valence-corrected chi connectivity index (χ1v) is 8.53. The predicted octanol–water partition coefficient (Wildman–Crippen LogP) is 4.11. The molecule has 0 aliphatic carbocycles. The number of nitrogens with two attached hydrogens (primary N) is 1. The van der Waals surface area contributed by atoms with Gasteiger partial charge in [0.05, 0.1) is 17.7 Å². The Hall–Kier alpha value is -2.65. The maximum atomic E-state index is 12.0. The second-order valence-corrected chi connectivity index (χ2v) is 6.08. The number of carbonyl (C=O) groups is 1. The Morgan fingerprint density at radius 2 is 1.85 bits per heavy atom. The van der Waals surface area contributed by atoms with Gasteiger partial charge in [0.15, 0.2) is 5.17 Å². The molecular weight excluding hydrogens is 434 g/mol. The van der Waals surface area contributed by atoms with Gasteiger partial charge in [0.1, 0.15) is 0 Å². The number of esters is 1. The van der Waals surface area contributed by atoms with E-state index in [1.54, 1.807) is 18.2 Å². The van der Waals surface area contributed by atoms with Crippen LogP contribution in [-0.4, -0.2) is 28.9 Å². The molecule has 0 heterocycles. The van der Waals surface area contributed by atoms with E-state index in [9.17, 15) is 14.9 Å². The molecule has 0 amide bonds. The van der Waals surface area contributed by atoms with E-state index in [4.69, 9.17) is 10.5 Å². The van der Waals surface area contributed by atoms with Gasteiger partial charge >= 0.3 is 5.97 Å². The van der Waals surface area contributed by atoms with E-state index in [2.05, 4.69) is 4.99 Å². The van der Waals surface area contributed by atoms with Crippen molar-refractivity contribution in [2.24, 2.45) is 10.7 Å². The second-order valence-electron chi connectivity index (χ2n) is 5.08. The zero-order valence-corrected chi connectivity index (χ0v) is 16.9. The number of nitro groups is 1. The summed E-state index contributed by atoms with van der Waals surface area (Å²) in [5, 5.41) is 11.0. The van der Waals surface area contributed by atoms with Crippen LogP contribution in [0.3, 0.4) is 0 Å². The third-order valence-corrected chi connectivity index (χ3v) is 4.11. The van der Waals surface area contributed by atoms with E-state index in [-0.39, 0.29) is 28.4 Å². The number of aliphatic imine (C=N–C) groups is 1. The third-order valence-electron chi connectivity index (χ3n) is 3.26. The maximum absolute atomic E-state index is 12.0. The van der Waals surface area contributed by atoms with Crippen molar-refractivity contribution in [3.63, 3.8) is 0 Å². The summed E-state index contributed by atoms with van der Waals surface area (Å²) in [6.07, 6.45) is 1.61. The van der Waals surface area contributed by atoms with Crippen molar-refractivity contribution in [1.29, 1.82) is 0 Å². The molecule has 2 N–H and O–H groups in total. The molecule has 0 spiro atoms. The molecule has 9 heteroatoms. The topological polar surface area (TPSA) is 108 Å². The fourth-order valence-electron chi connectivity index (χ4n) is 2.00. The number of halogens is 1. The first-order valence-electron chi connectivity index (χ1n) is 7.55. The molecule has 0 radical (unpaired) electrons. The molecule has 7 nitrogen and oxygen atoms in total. The van der Waals surface area contributed by atoms with Crippen molar-refractivity contribution in [2.45, 2.75) is 0 Å². The molecular formula is C18H18BrN3O4S. The van der Waals surface area contributed by atoms with E-state index >= 15 is 0 Å². The van der Waals surface area contributed by atoms with Crippen LogP contribution in [-0.2, 0) is 9.53 Å². The van der Waals surface area contributed by atoms with Crippen LogP contribution >= 0.6 is 28.7 Å². The van der Waals surface area contributed by atoms with E-state index in [0.717, 1.165) is 5.69 Å². The fourth-order valence-corrected chi connectivity index (χ4v) is 2.67. The lowest BCUT2D eigenvalue weighted by molar-refractivity contribution is -0.384. The minimum atomic E-state index is -0.497. The number of carbonyl (C=O) groups excluding carboxylic acids is 1. The normalized spacial score (nSPS) is 11.4. The molecule has 0 aromatic heterocycles. The lowest BCUT2D eigenvalue weighted by Crippen LogP contribution is -2.12. The van der Waals surface area contributed by atoms with Gasteiger partial charge in [-0.3, -0.25) is 10.1 Å². The van der Waals surface area contributed by atoms with E-state index in [1.807, 2.05) is 30.3 Å². The Labute approximate surface area is 171 Å². The summed E-state index contributed by atoms with van der Waals surface area (Å²) in [6, 6.07) is 15.1. The van der Waals surface area contributed by atoms with Gasteiger partial charge < -0.3 is 10.5 Å². The Morgan fingerprint density at radius 3 is 2.41 bits per heavy atom. The average molecular weight is 452 g/mol. The summed E-state index contributed by atoms with van der Waals surface area (Å²) < 4.78 is 4.79. The van der Waals surface area contributed by atoms with Crippen molar-refractivity contribution in [2.75, 3.05) is 12.9 Å². The summed E-state index contributed by atoms with van der Waals surface area (Å²) in [4.78, 5) is 26.4. The molecule has 2 rings (SSSR count). The number of nitro benzene ring substituents is 1. The number of methoxy groups -OCH3 is 1. The third kappa shape index (κ3) is 7.24. The Balaban J connectivity index is 0.00000364. The second kappa shape index (κ2) is 11.1. The van der Waals surface area contributed by atoms with Crippen LogP contribution in [0.15, 0.2) is 65.2 Å². The highest BCUT2D eigenvalue weighted by Gasteiger charge is 2.12. The van der Waals surface area contributed by atoms with Crippen LogP contribution in [0.4, 0.5) is 11.4 Å². The molecule has 0 saturated heterocycles.